The molecule has 50 heavy (non-hydrogen) atoms. The van der Waals surface area contributed by atoms with Gasteiger partial charge in [-0.3, -0.25) is 4.99 Å². The Hall–Kier alpha value is -5.21. The summed E-state index contributed by atoms with van der Waals surface area (Å²) < 4.78 is 66.0. The van der Waals surface area contributed by atoms with Crippen LogP contribution >= 0.6 is 0 Å². The number of pyridine rings is 1. The van der Waals surface area contributed by atoms with Gasteiger partial charge in [0.05, 0.1) is 24.5 Å². The van der Waals surface area contributed by atoms with Gasteiger partial charge in [0.2, 0.25) is 0 Å². The van der Waals surface area contributed by atoms with E-state index in [2.05, 4.69) is 0 Å². The molecule has 4 nitrogen and oxygen atoms in total. The number of aromatic nitrogens is 1. The van der Waals surface area contributed by atoms with Crippen molar-refractivity contribution in [3.63, 3.8) is 0 Å². The average molecular weight is 679 g/mol. The van der Waals surface area contributed by atoms with Crippen molar-refractivity contribution < 1.29 is 27.4 Å². The lowest BCUT2D eigenvalue weighted by Crippen LogP contribution is -2.52. The number of para-hydroxylation sites is 1. The summed E-state index contributed by atoms with van der Waals surface area (Å²) in [5.74, 6) is -0.370. The minimum absolute atomic E-state index is 0.228. The highest BCUT2D eigenvalue weighted by Crippen LogP contribution is 2.45. The van der Waals surface area contributed by atoms with Gasteiger partial charge in [-0.2, -0.15) is 13.2 Å². The molecule has 0 bridgehead atoms. The molecule has 0 radical (unpaired) electrons. The molecule has 0 aliphatic heterocycles. The second kappa shape index (κ2) is 13.6. The van der Waals surface area contributed by atoms with E-state index in [1.807, 2.05) is 103 Å². The Morgan fingerprint density at radius 3 is 1.74 bits per heavy atom. The van der Waals surface area contributed by atoms with Crippen LogP contribution in [-0.4, -0.2) is 28.6 Å². The maximum atomic E-state index is 15.0. The zero-order valence-electron chi connectivity index (χ0n) is 28.0. The summed E-state index contributed by atoms with van der Waals surface area (Å²) >= 11 is 0. The Balaban J connectivity index is 1.54. The number of halogens is 4. The summed E-state index contributed by atoms with van der Waals surface area (Å²) in [6, 6.07) is 42.2. The SMILES string of the molecule is COc1ccc(F)cc1C(C)(C)CC(O)(Cn1cc/c(=N/C(c2ccccc2)(c2ccccc2)c2ccccc2)c2ccccc21)C(F)(F)F. The molecule has 1 unspecified atom stereocenters. The molecule has 0 amide bonds. The van der Waals surface area contributed by atoms with Gasteiger partial charge in [0.1, 0.15) is 17.1 Å². The van der Waals surface area contributed by atoms with Gasteiger partial charge in [0.15, 0.2) is 5.60 Å². The van der Waals surface area contributed by atoms with Crippen molar-refractivity contribution in [3.05, 3.63) is 179 Å². The lowest BCUT2D eigenvalue weighted by atomic mass is 9.74. The summed E-state index contributed by atoms with van der Waals surface area (Å²) in [4.78, 5) is 5.49. The number of aliphatic hydroxyl groups is 1. The first-order chi connectivity index (χ1) is 23.9. The van der Waals surface area contributed by atoms with E-state index < -0.39 is 41.5 Å². The Bertz CT molecular complexity index is 2050. The first-order valence-corrected chi connectivity index (χ1v) is 16.3. The van der Waals surface area contributed by atoms with Crippen molar-refractivity contribution in [2.75, 3.05) is 7.11 Å². The van der Waals surface area contributed by atoms with Crippen molar-refractivity contribution in [2.45, 2.75) is 49.5 Å². The summed E-state index contributed by atoms with van der Waals surface area (Å²) in [7, 11) is 1.37. The number of nitrogens with zero attached hydrogens (tertiary/aromatic N) is 2. The fourth-order valence-corrected chi connectivity index (χ4v) is 6.98. The van der Waals surface area contributed by atoms with E-state index >= 15 is 0 Å². The van der Waals surface area contributed by atoms with Crippen LogP contribution < -0.4 is 10.1 Å². The van der Waals surface area contributed by atoms with Crippen LogP contribution in [0.25, 0.3) is 10.9 Å². The number of ether oxygens (including phenoxy) is 1. The first-order valence-electron chi connectivity index (χ1n) is 16.3. The fraction of sp³-hybridized carbons (Fsp3) is 0.214. The van der Waals surface area contributed by atoms with Crippen molar-refractivity contribution in [1.29, 1.82) is 0 Å². The van der Waals surface area contributed by atoms with Gasteiger partial charge in [-0.15, -0.1) is 0 Å². The molecule has 1 aromatic heterocycles. The number of hydrogen-bond donors (Lipinski definition) is 1. The lowest BCUT2D eigenvalue weighted by Gasteiger charge is -2.39. The first kappa shape index (κ1) is 34.6. The standard InChI is InChI=1S/C42H38F4N2O2/c1-39(2,35-27-33(43)23-24-38(35)50-3)28-40(49,42(44,45)46)29-48-26-25-36(34-21-13-14-22-37(34)48)47-41(30-15-7-4-8-16-30,31-17-9-5-10-18-31)32-19-11-6-12-20-32/h4-27,49H,28-29H2,1-3H3/b47-36-. The van der Waals surface area contributed by atoms with Crippen LogP contribution in [0.1, 0.15) is 42.5 Å². The highest BCUT2D eigenvalue weighted by molar-refractivity contribution is 5.78. The fourth-order valence-electron chi connectivity index (χ4n) is 6.98. The Morgan fingerprint density at radius 2 is 1.22 bits per heavy atom. The third-order valence-electron chi connectivity index (χ3n) is 9.35. The molecule has 0 saturated heterocycles. The molecular weight excluding hydrogens is 640 g/mol. The van der Waals surface area contributed by atoms with Crippen LogP contribution in [-0.2, 0) is 17.5 Å². The molecule has 1 N–H and O–H groups in total. The van der Waals surface area contributed by atoms with Gasteiger partial charge >= 0.3 is 6.18 Å². The van der Waals surface area contributed by atoms with Crippen molar-refractivity contribution >= 4 is 10.9 Å². The second-order valence-electron chi connectivity index (χ2n) is 13.2. The number of alkyl halides is 3. The quantitative estimate of drug-likeness (QED) is 0.116. The molecule has 6 rings (SSSR count). The predicted octanol–water partition coefficient (Wildman–Crippen LogP) is 9.34. The Labute approximate surface area is 289 Å². The molecule has 1 atom stereocenters. The monoisotopic (exact) mass is 678 g/mol. The van der Waals surface area contributed by atoms with E-state index in [0.29, 0.717) is 16.3 Å². The van der Waals surface area contributed by atoms with Gasteiger partial charge < -0.3 is 14.4 Å². The van der Waals surface area contributed by atoms with Crippen LogP contribution in [0.5, 0.6) is 5.75 Å². The Morgan fingerprint density at radius 1 is 0.700 bits per heavy atom. The van der Waals surface area contributed by atoms with E-state index in [-0.39, 0.29) is 11.3 Å². The van der Waals surface area contributed by atoms with Crippen LogP contribution in [0.15, 0.2) is 151 Å². The third-order valence-corrected chi connectivity index (χ3v) is 9.35. The molecule has 6 aromatic rings. The van der Waals surface area contributed by atoms with E-state index in [0.717, 1.165) is 22.8 Å². The van der Waals surface area contributed by atoms with Crippen LogP contribution in [0.2, 0.25) is 0 Å². The third kappa shape index (κ3) is 6.55. The molecule has 0 fully saturated rings. The topological polar surface area (TPSA) is 46.8 Å². The second-order valence-corrected chi connectivity index (χ2v) is 13.2. The minimum Gasteiger partial charge on any atom is -0.496 e. The smallest absolute Gasteiger partial charge is 0.418 e. The number of fused-ring (bicyclic) bond motifs is 1. The van der Waals surface area contributed by atoms with Crippen LogP contribution in [0.4, 0.5) is 17.6 Å². The molecule has 0 spiro atoms. The molecule has 5 aromatic carbocycles. The maximum absolute atomic E-state index is 15.0. The maximum Gasteiger partial charge on any atom is 0.418 e. The highest BCUT2D eigenvalue weighted by Gasteiger charge is 2.56. The van der Waals surface area contributed by atoms with Crippen molar-refractivity contribution in [1.82, 2.24) is 4.57 Å². The number of rotatable bonds is 10. The molecule has 0 aliphatic carbocycles. The molecular formula is C42H38F4N2O2. The molecule has 256 valence electrons. The van der Waals surface area contributed by atoms with Crippen molar-refractivity contribution in [2.24, 2.45) is 4.99 Å². The minimum atomic E-state index is -5.02. The van der Waals surface area contributed by atoms with E-state index in [9.17, 15) is 22.7 Å². The zero-order valence-corrected chi connectivity index (χ0v) is 28.0. The normalized spacial score (nSPS) is 14.0. The largest absolute Gasteiger partial charge is 0.496 e. The van der Waals surface area contributed by atoms with Crippen molar-refractivity contribution in [3.8, 4) is 5.75 Å². The zero-order chi connectivity index (χ0) is 35.6. The van der Waals surface area contributed by atoms with Gasteiger partial charge in [0, 0.05) is 17.1 Å². The van der Waals surface area contributed by atoms with Gasteiger partial charge in [-0.1, -0.05) is 123 Å². The highest BCUT2D eigenvalue weighted by atomic mass is 19.4. The molecule has 8 heteroatoms. The van der Waals surface area contributed by atoms with Gasteiger partial charge in [-0.25, -0.2) is 4.39 Å². The van der Waals surface area contributed by atoms with E-state index in [1.54, 1.807) is 38.2 Å². The van der Waals surface area contributed by atoms with Gasteiger partial charge in [-0.05, 0) is 58.9 Å². The summed E-state index contributed by atoms with van der Waals surface area (Å²) in [6.45, 7) is 2.28. The van der Waals surface area contributed by atoms with E-state index in [1.165, 1.54) is 23.8 Å². The number of methoxy groups -OCH3 is 1. The summed E-state index contributed by atoms with van der Waals surface area (Å²) in [5, 5.41) is 12.8. The lowest BCUT2D eigenvalue weighted by molar-refractivity contribution is -0.271. The number of benzene rings is 5. The van der Waals surface area contributed by atoms with Crippen LogP contribution in [0.3, 0.4) is 0 Å². The average Bonchev–Trinajstić information content (AvgIpc) is 3.12. The number of hydrogen-bond acceptors (Lipinski definition) is 3. The molecule has 0 saturated carbocycles. The van der Waals surface area contributed by atoms with Gasteiger partial charge in [0.25, 0.3) is 0 Å². The van der Waals surface area contributed by atoms with Crippen LogP contribution in [0, 0.1) is 5.82 Å². The summed E-state index contributed by atoms with van der Waals surface area (Å²) in [6.07, 6.45) is -4.24. The Kier molecular flexibility index (Phi) is 9.42. The molecule has 1 heterocycles. The van der Waals surface area contributed by atoms with E-state index in [4.69, 9.17) is 9.73 Å². The summed E-state index contributed by atoms with van der Waals surface area (Å²) in [5.41, 5.74) is -2.09. The predicted molar refractivity (Wildman–Crippen MR) is 188 cm³/mol. The molecule has 0 aliphatic rings.